The van der Waals surface area contributed by atoms with Gasteiger partial charge in [-0.25, -0.2) is 9.18 Å². The molecule has 1 saturated heterocycles. The number of nitrogens with zero attached hydrogens (tertiary/aromatic N) is 1. The van der Waals surface area contributed by atoms with E-state index in [1.54, 1.807) is 12.1 Å². The Bertz CT molecular complexity index is 1130. The summed E-state index contributed by atoms with van der Waals surface area (Å²) >= 11 is 0. The number of ether oxygens (including phenoxy) is 1. The molecule has 0 radical (unpaired) electrons. The molecule has 1 amide bonds. The summed E-state index contributed by atoms with van der Waals surface area (Å²) in [6.07, 6.45) is 1.60. The van der Waals surface area contributed by atoms with Gasteiger partial charge in [0, 0.05) is 43.0 Å². The van der Waals surface area contributed by atoms with Crippen LogP contribution in [0.3, 0.4) is 0 Å². The normalized spacial score (nSPS) is 14.8. The van der Waals surface area contributed by atoms with Crippen molar-refractivity contribution in [2.24, 2.45) is 5.92 Å². The highest BCUT2D eigenvalue weighted by atomic mass is 19.2. The predicted molar refractivity (Wildman–Crippen MR) is 107 cm³/mol. The zero-order valence-electron chi connectivity index (χ0n) is 16.3. The summed E-state index contributed by atoms with van der Waals surface area (Å²) in [5.74, 6) is -2.58. The lowest BCUT2D eigenvalue weighted by molar-refractivity contribution is 0.0945. The van der Waals surface area contributed by atoms with Crippen molar-refractivity contribution in [2.75, 3.05) is 31.6 Å². The standard InChI is InChI=1S/C21H21F2N3O4/c1-29-18-10-14(9-15(22)19(18)23)26-6-4-12(5-7-26)11-24-20(27)13-2-3-16-17(8-13)30-21(28)25-16/h2-3,8-10,12H,4-7,11H2,1H3,(H,24,27)(H,25,28). The lowest BCUT2D eigenvalue weighted by Gasteiger charge is -2.34. The van der Waals surface area contributed by atoms with E-state index < -0.39 is 17.4 Å². The van der Waals surface area contributed by atoms with Crippen molar-refractivity contribution in [1.29, 1.82) is 0 Å². The molecule has 30 heavy (non-hydrogen) atoms. The smallest absolute Gasteiger partial charge is 0.417 e. The molecule has 1 aliphatic rings. The summed E-state index contributed by atoms with van der Waals surface area (Å²) in [7, 11) is 1.30. The number of anilines is 1. The van der Waals surface area contributed by atoms with Crippen LogP contribution in [0.25, 0.3) is 11.1 Å². The quantitative estimate of drug-likeness (QED) is 0.666. The van der Waals surface area contributed by atoms with Gasteiger partial charge in [0.1, 0.15) is 0 Å². The van der Waals surface area contributed by atoms with Crippen molar-refractivity contribution in [1.82, 2.24) is 10.3 Å². The number of piperidine rings is 1. The molecule has 3 aromatic rings. The van der Waals surface area contributed by atoms with Gasteiger partial charge in [0.2, 0.25) is 5.82 Å². The Morgan fingerprint density at radius 3 is 2.77 bits per heavy atom. The van der Waals surface area contributed by atoms with Gasteiger partial charge in [0.15, 0.2) is 17.1 Å². The maximum Gasteiger partial charge on any atom is 0.417 e. The molecule has 4 rings (SSSR count). The molecule has 0 spiro atoms. The largest absolute Gasteiger partial charge is 0.493 e. The molecular weight excluding hydrogens is 396 g/mol. The molecule has 1 aromatic heterocycles. The second-order valence-electron chi connectivity index (χ2n) is 7.31. The maximum absolute atomic E-state index is 13.8. The summed E-state index contributed by atoms with van der Waals surface area (Å²) in [5.41, 5.74) is 1.87. The summed E-state index contributed by atoms with van der Waals surface area (Å²) in [5, 5.41) is 2.91. The van der Waals surface area contributed by atoms with Crippen molar-refractivity contribution in [2.45, 2.75) is 12.8 Å². The number of benzene rings is 2. The first-order valence-electron chi connectivity index (χ1n) is 9.63. The first kappa shape index (κ1) is 19.9. The highest BCUT2D eigenvalue weighted by Crippen LogP contribution is 2.30. The van der Waals surface area contributed by atoms with E-state index in [0.717, 1.165) is 12.8 Å². The number of hydrogen-bond donors (Lipinski definition) is 2. The van der Waals surface area contributed by atoms with E-state index in [2.05, 4.69) is 10.3 Å². The number of H-pyrrole nitrogens is 1. The third-order valence-electron chi connectivity index (χ3n) is 5.41. The number of nitrogens with one attached hydrogen (secondary N) is 2. The second kappa shape index (κ2) is 8.17. The molecule has 158 valence electrons. The molecular formula is C21H21F2N3O4. The molecule has 2 aromatic carbocycles. The van der Waals surface area contributed by atoms with Crippen LogP contribution in [-0.4, -0.2) is 37.6 Å². The molecule has 0 unspecified atom stereocenters. The van der Waals surface area contributed by atoms with Gasteiger partial charge in [-0.3, -0.25) is 9.78 Å². The maximum atomic E-state index is 13.8. The van der Waals surface area contributed by atoms with E-state index in [0.29, 0.717) is 42.0 Å². The highest BCUT2D eigenvalue weighted by Gasteiger charge is 2.22. The fourth-order valence-corrected chi connectivity index (χ4v) is 3.70. The van der Waals surface area contributed by atoms with Gasteiger partial charge in [-0.15, -0.1) is 0 Å². The lowest BCUT2D eigenvalue weighted by atomic mass is 9.96. The Morgan fingerprint density at radius 2 is 2.03 bits per heavy atom. The zero-order valence-corrected chi connectivity index (χ0v) is 16.3. The summed E-state index contributed by atoms with van der Waals surface area (Å²) in [6, 6.07) is 7.46. The number of carbonyl (C=O) groups is 1. The monoisotopic (exact) mass is 417 g/mol. The number of oxazole rings is 1. The van der Waals surface area contributed by atoms with Crippen LogP contribution in [0.4, 0.5) is 14.5 Å². The Labute approximate surface area is 170 Å². The van der Waals surface area contributed by atoms with E-state index in [1.165, 1.54) is 25.3 Å². The Hall–Kier alpha value is -3.36. The third-order valence-corrected chi connectivity index (χ3v) is 5.41. The minimum absolute atomic E-state index is 0.116. The van der Waals surface area contributed by atoms with E-state index in [4.69, 9.17) is 9.15 Å². The van der Waals surface area contributed by atoms with Crippen LogP contribution in [0, 0.1) is 17.6 Å². The molecule has 0 saturated carbocycles. The van der Waals surface area contributed by atoms with Crippen LogP contribution in [0.15, 0.2) is 39.5 Å². The fraction of sp³-hybridized carbons (Fsp3) is 0.333. The SMILES string of the molecule is COc1cc(N2CCC(CNC(=O)c3ccc4[nH]c(=O)oc4c3)CC2)cc(F)c1F. The molecule has 1 fully saturated rings. The number of rotatable bonds is 5. The molecule has 9 heteroatoms. The molecule has 0 aliphatic carbocycles. The van der Waals surface area contributed by atoms with Gasteiger partial charge in [-0.2, -0.15) is 4.39 Å². The first-order valence-corrected chi connectivity index (χ1v) is 9.63. The molecule has 0 bridgehead atoms. The zero-order chi connectivity index (χ0) is 21.3. The summed E-state index contributed by atoms with van der Waals surface area (Å²) in [4.78, 5) is 28.2. The Morgan fingerprint density at radius 1 is 1.27 bits per heavy atom. The molecule has 1 aliphatic heterocycles. The second-order valence-corrected chi connectivity index (χ2v) is 7.31. The van der Waals surface area contributed by atoms with Crippen molar-refractivity contribution in [3.8, 4) is 5.75 Å². The highest BCUT2D eigenvalue weighted by molar-refractivity contribution is 5.96. The molecule has 7 nitrogen and oxygen atoms in total. The number of aromatic amines is 1. The average Bonchev–Trinajstić information content (AvgIpc) is 3.13. The van der Waals surface area contributed by atoms with Gasteiger partial charge in [0.25, 0.3) is 5.91 Å². The number of amides is 1. The van der Waals surface area contributed by atoms with Gasteiger partial charge in [0.05, 0.1) is 12.6 Å². The van der Waals surface area contributed by atoms with E-state index in [-0.39, 0.29) is 17.6 Å². The third kappa shape index (κ3) is 4.00. The van der Waals surface area contributed by atoms with Crippen LogP contribution in [0.1, 0.15) is 23.2 Å². The van der Waals surface area contributed by atoms with E-state index >= 15 is 0 Å². The van der Waals surface area contributed by atoms with Gasteiger partial charge in [-0.05, 0) is 37.0 Å². The van der Waals surface area contributed by atoms with Crippen molar-refractivity contribution in [3.05, 3.63) is 58.1 Å². The van der Waals surface area contributed by atoms with Crippen LogP contribution >= 0.6 is 0 Å². The van der Waals surface area contributed by atoms with Gasteiger partial charge in [-0.1, -0.05) is 0 Å². The van der Waals surface area contributed by atoms with Crippen LogP contribution in [-0.2, 0) is 0 Å². The Balaban J connectivity index is 1.33. The van der Waals surface area contributed by atoms with Crippen LogP contribution in [0.5, 0.6) is 5.75 Å². The topological polar surface area (TPSA) is 87.6 Å². The predicted octanol–water partition coefficient (Wildman–Crippen LogP) is 3.05. The molecule has 2 heterocycles. The fourth-order valence-electron chi connectivity index (χ4n) is 3.70. The number of hydrogen-bond acceptors (Lipinski definition) is 5. The van der Waals surface area contributed by atoms with Gasteiger partial charge < -0.3 is 19.4 Å². The number of carbonyl (C=O) groups excluding carboxylic acids is 1. The number of aromatic nitrogens is 1. The van der Waals surface area contributed by atoms with Gasteiger partial charge >= 0.3 is 5.76 Å². The minimum Gasteiger partial charge on any atom is -0.493 e. The van der Waals surface area contributed by atoms with Crippen molar-refractivity contribution in [3.63, 3.8) is 0 Å². The summed E-state index contributed by atoms with van der Waals surface area (Å²) < 4.78 is 37.3. The summed E-state index contributed by atoms with van der Waals surface area (Å²) in [6.45, 7) is 1.83. The Kier molecular flexibility index (Phi) is 5.43. The van der Waals surface area contributed by atoms with Crippen molar-refractivity contribution >= 4 is 22.7 Å². The molecule has 0 atom stereocenters. The first-order chi connectivity index (χ1) is 14.4. The van der Waals surface area contributed by atoms with Crippen LogP contribution < -0.4 is 20.7 Å². The van der Waals surface area contributed by atoms with Crippen molar-refractivity contribution < 1.29 is 22.7 Å². The molecule has 2 N–H and O–H groups in total. The number of methoxy groups -OCH3 is 1. The number of fused-ring (bicyclic) bond motifs is 1. The minimum atomic E-state index is -0.990. The lowest BCUT2D eigenvalue weighted by Crippen LogP contribution is -2.38. The average molecular weight is 417 g/mol. The van der Waals surface area contributed by atoms with E-state index in [9.17, 15) is 18.4 Å². The van der Waals surface area contributed by atoms with Crippen LogP contribution in [0.2, 0.25) is 0 Å². The van der Waals surface area contributed by atoms with E-state index in [1.807, 2.05) is 4.90 Å². The number of halogens is 2.